The van der Waals surface area contributed by atoms with E-state index in [4.69, 9.17) is 27.4 Å². The predicted molar refractivity (Wildman–Crippen MR) is 74.1 cm³/mol. The Labute approximate surface area is 116 Å². The van der Waals surface area contributed by atoms with Gasteiger partial charge in [-0.05, 0) is 6.07 Å². The van der Waals surface area contributed by atoms with Crippen LogP contribution in [0.4, 0.5) is 5.69 Å². The van der Waals surface area contributed by atoms with Crippen molar-refractivity contribution in [1.82, 2.24) is 4.98 Å². The van der Waals surface area contributed by atoms with Crippen molar-refractivity contribution in [3.8, 4) is 0 Å². The van der Waals surface area contributed by atoms with Crippen LogP contribution in [0.2, 0.25) is 0 Å². The second-order valence-corrected chi connectivity index (χ2v) is 4.53. The van der Waals surface area contributed by atoms with Gasteiger partial charge in [0.15, 0.2) is 6.10 Å². The fourth-order valence-corrected chi connectivity index (χ4v) is 2.16. The summed E-state index contributed by atoms with van der Waals surface area (Å²) in [5, 5.41) is 0. The van der Waals surface area contributed by atoms with E-state index in [-0.39, 0.29) is 5.97 Å². The van der Waals surface area contributed by atoms with Crippen LogP contribution in [0, 0.1) is 0 Å². The van der Waals surface area contributed by atoms with Crippen LogP contribution < -0.4 is 10.6 Å². The molecule has 1 fully saturated rings. The zero-order valence-corrected chi connectivity index (χ0v) is 11.4. The second kappa shape index (κ2) is 5.94. The lowest BCUT2D eigenvalue weighted by atomic mass is 10.1. The molecule has 1 aliphatic heterocycles. The van der Waals surface area contributed by atoms with Crippen LogP contribution in [0.15, 0.2) is 18.5 Å². The lowest BCUT2D eigenvalue weighted by Crippen LogP contribution is -2.47. The molecule has 0 radical (unpaired) electrons. The average Bonchev–Trinajstić information content (AvgIpc) is 2.46. The molecule has 102 valence electrons. The van der Waals surface area contributed by atoms with Gasteiger partial charge in [0.25, 0.3) is 0 Å². The number of hydrogen-bond donors (Lipinski definition) is 1. The maximum atomic E-state index is 11.5. The van der Waals surface area contributed by atoms with Crippen molar-refractivity contribution in [3.05, 3.63) is 24.0 Å². The smallest absolute Gasteiger partial charge is 0.336 e. The van der Waals surface area contributed by atoms with Gasteiger partial charge >= 0.3 is 5.97 Å². The van der Waals surface area contributed by atoms with Gasteiger partial charge in [0.1, 0.15) is 4.99 Å². The van der Waals surface area contributed by atoms with Crippen LogP contribution in [0.1, 0.15) is 5.56 Å². The van der Waals surface area contributed by atoms with E-state index >= 15 is 0 Å². The zero-order chi connectivity index (χ0) is 13.8. The fourth-order valence-electron chi connectivity index (χ4n) is 1.99. The van der Waals surface area contributed by atoms with Crippen molar-refractivity contribution in [2.75, 3.05) is 31.7 Å². The molecule has 1 aromatic heterocycles. The van der Waals surface area contributed by atoms with Crippen LogP contribution >= 0.6 is 12.2 Å². The normalized spacial score (nSPS) is 19.0. The van der Waals surface area contributed by atoms with Crippen molar-refractivity contribution >= 4 is 28.9 Å². The number of hydrogen-bond acceptors (Lipinski definition) is 6. The van der Waals surface area contributed by atoms with Crippen LogP contribution in [0.3, 0.4) is 0 Å². The fraction of sp³-hybridized carbons (Fsp3) is 0.417. The Balaban J connectivity index is 2.22. The third kappa shape index (κ3) is 2.99. The minimum absolute atomic E-state index is 0.304. The molecule has 7 heteroatoms. The van der Waals surface area contributed by atoms with Gasteiger partial charge in [-0.1, -0.05) is 12.2 Å². The summed E-state index contributed by atoms with van der Waals surface area (Å²) in [7, 11) is 1.34. The zero-order valence-electron chi connectivity index (χ0n) is 10.5. The Morgan fingerprint density at radius 1 is 1.68 bits per heavy atom. The van der Waals surface area contributed by atoms with Crippen molar-refractivity contribution < 1.29 is 14.3 Å². The quantitative estimate of drug-likeness (QED) is 0.621. The van der Waals surface area contributed by atoms with Gasteiger partial charge in [0, 0.05) is 18.3 Å². The molecule has 2 rings (SSSR count). The van der Waals surface area contributed by atoms with Gasteiger partial charge in [-0.3, -0.25) is 4.98 Å². The molecule has 19 heavy (non-hydrogen) atoms. The highest BCUT2D eigenvalue weighted by atomic mass is 32.1. The monoisotopic (exact) mass is 281 g/mol. The molecule has 2 N–H and O–H groups in total. The first kappa shape index (κ1) is 13.7. The molecule has 0 amide bonds. The minimum Gasteiger partial charge on any atom is -0.467 e. The number of aromatic nitrogens is 1. The molecule has 1 saturated heterocycles. The Bertz CT molecular complexity index is 495. The van der Waals surface area contributed by atoms with E-state index in [2.05, 4.69) is 4.98 Å². The molecular weight excluding hydrogens is 266 g/mol. The molecule has 0 aromatic carbocycles. The summed E-state index contributed by atoms with van der Waals surface area (Å²) >= 11 is 5.02. The number of methoxy groups -OCH3 is 1. The van der Waals surface area contributed by atoms with Gasteiger partial charge in [-0.25, -0.2) is 4.79 Å². The first-order valence-corrected chi connectivity index (χ1v) is 6.22. The number of rotatable bonds is 3. The number of nitrogens with two attached hydrogens (primary N) is 1. The largest absolute Gasteiger partial charge is 0.467 e. The molecule has 1 aliphatic rings. The molecule has 0 aliphatic carbocycles. The Hall–Kier alpha value is -1.73. The molecule has 0 spiro atoms. The van der Waals surface area contributed by atoms with Gasteiger partial charge in [0.2, 0.25) is 0 Å². The number of carbonyl (C=O) groups is 1. The highest BCUT2D eigenvalue weighted by Crippen LogP contribution is 2.21. The lowest BCUT2D eigenvalue weighted by Gasteiger charge is -2.33. The number of morpholine rings is 1. The molecule has 1 unspecified atom stereocenters. The first-order chi connectivity index (χ1) is 9.13. The van der Waals surface area contributed by atoms with Gasteiger partial charge < -0.3 is 20.1 Å². The molecule has 1 atom stereocenters. The number of nitrogens with zero attached hydrogens (tertiary/aromatic N) is 2. The number of carbonyl (C=O) groups excluding carboxylic acids is 1. The van der Waals surface area contributed by atoms with Crippen molar-refractivity contribution in [1.29, 1.82) is 0 Å². The highest BCUT2D eigenvalue weighted by Gasteiger charge is 2.28. The maximum Gasteiger partial charge on any atom is 0.336 e. The van der Waals surface area contributed by atoms with E-state index in [0.717, 1.165) is 11.3 Å². The Morgan fingerprint density at radius 3 is 3.16 bits per heavy atom. The summed E-state index contributed by atoms with van der Waals surface area (Å²) < 4.78 is 10.1. The summed E-state index contributed by atoms with van der Waals surface area (Å²) in [6.45, 7) is 1.48. The van der Waals surface area contributed by atoms with E-state index in [0.29, 0.717) is 24.7 Å². The number of pyridine rings is 1. The van der Waals surface area contributed by atoms with Crippen LogP contribution in [-0.2, 0) is 14.3 Å². The summed E-state index contributed by atoms with van der Waals surface area (Å²) in [6, 6.07) is 1.76. The summed E-state index contributed by atoms with van der Waals surface area (Å²) in [5.74, 6) is -0.384. The second-order valence-electron chi connectivity index (χ2n) is 4.09. The lowest BCUT2D eigenvalue weighted by molar-refractivity contribution is -0.154. The number of thiocarbonyl (C=S) groups is 1. The number of esters is 1. The third-order valence-corrected chi connectivity index (χ3v) is 3.16. The highest BCUT2D eigenvalue weighted by molar-refractivity contribution is 7.80. The molecule has 1 aromatic rings. The van der Waals surface area contributed by atoms with E-state index in [9.17, 15) is 4.79 Å². The van der Waals surface area contributed by atoms with Crippen LogP contribution in [-0.4, -0.2) is 48.9 Å². The standard InChI is InChI=1S/C12H15N3O3S/c1-17-12(16)10-7-15(4-5-18-10)9-6-14-3-2-8(9)11(13)19/h2-3,6,10H,4-5,7H2,1H3,(H2,13,19). The van der Waals surface area contributed by atoms with Crippen molar-refractivity contribution in [3.63, 3.8) is 0 Å². The van der Waals surface area contributed by atoms with E-state index in [1.807, 2.05) is 4.90 Å². The van der Waals surface area contributed by atoms with Crippen LogP contribution in [0.25, 0.3) is 0 Å². The topological polar surface area (TPSA) is 77.7 Å². The Morgan fingerprint density at radius 2 is 2.47 bits per heavy atom. The molecule has 2 heterocycles. The number of anilines is 1. The third-order valence-electron chi connectivity index (χ3n) is 2.94. The van der Waals surface area contributed by atoms with E-state index < -0.39 is 6.10 Å². The van der Waals surface area contributed by atoms with E-state index in [1.165, 1.54) is 7.11 Å². The first-order valence-electron chi connectivity index (χ1n) is 5.81. The maximum absolute atomic E-state index is 11.5. The number of ether oxygens (including phenoxy) is 2. The van der Waals surface area contributed by atoms with Gasteiger partial charge in [-0.15, -0.1) is 0 Å². The summed E-state index contributed by atoms with van der Waals surface area (Å²) in [5.41, 5.74) is 7.25. The molecule has 6 nitrogen and oxygen atoms in total. The summed E-state index contributed by atoms with van der Waals surface area (Å²) in [4.78, 5) is 17.9. The molecular formula is C12H15N3O3S. The van der Waals surface area contributed by atoms with Crippen LogP contribution in [0.5, 0.6) is 0 Å². The van der Waals surface area contributed by atoms with E-state index in [1.54, 1.807) is 18.5 Å². The van der Waals surface area contributed by atoms with Crippen molar-refractivity contribution in [2.24, 2.45) is 5.73 Å². The molecule has 0 bridgehead atoms. The van der Waals surface area contributed by atoms with Gasteiger partial charge in [0.05, 0.1) is 32.1 Å². The predicted octanol–water partition coefficient (Wildman–Crippen LogP) is 0.0940. The minimum atomic E-state index is -0.599. The van der Waals surface area contributed by atoms with Crippen molar-refractivity contribution in [2.45, 2.75) is 6.10 Å². The SMILES string of the molecule is COC(=O)C1CN(c2cnccc2C(N)=S)CCO1. The van der Waals surface area contributed by atoms with Gasteiger partial charge in [-0.2, -0.15) is 0 Å². The Kier molecular flexibility index (Phi) is 4.28. The molecule has 0 saturated carbocycles. The average molecular weight is 281 g/mol. The summed E-state index contributed by atoms with van der Waals surface area (Å²) in [6.07, 6.45) is 2.72.